The molecule has 1 aromatic heterocycles. The van der Waals surface area contributed by atoms with E-state index in [9.17, 15) is 0 Å². The van der Waals surface area contributed by atoms with E-state index in [2.05, 4.69) is 88.7 Å². The molecule has 28 heavy (non-hydrogen) atoms. The van der Waals surface area contributed by atoms with Gasteiger partial charge in [0.1, 0.15) is 6.54 Å². The Morgan fingerprint density at radius 1 is 1.07 bits per heavy atom. The Bertz CT molecular complexity index is 1100. The molecule has 3 heterocycles. The Kier molecular flexibility index (Phi) is 5.56. The lowest BCUT2D eigenvalue weighted by Crippen LogP contribution is -3.00. The first-order chi connectivity index (χ1) is 13.3. The number of aryl methyl sites for hydroxylation is 1. The molecule has 2 aromatic carbocycles. The second-order valence-electron chi connectivity index (χ2n) is 7.13. The van der Waals surface area contributed by atoms with Crippen molar-refractivity contribution in [2.75, 3.05) is 18.8 Å². The van der Waals surface area contributed by atoms with Crippen LogP contribution in [0.4, 0.5) is 0 Å². The average Bonchev–Trinajstić information content (AvgIpc) is 3.28. The van der Waals surface area contributed by atoms with Gasteiger partial charge in [0.15, 0.2) is 11.0 Å². The number of halogens is 1. The zero-order valence-corrected chi connectivity index (χ0v) is 19.2. The predicted molar refractivity (Wildman–Crippen MR) is 114 cm³/mol. The van der Waals surface area contributed by atoms with E-state index < -0.39 is 0 Å². The number of imidazole rings is 1. The van der Waals surface area contributed by atoms with E-state index in [-0.39, 0.29) is 24.0 Å². The highest BCUT2D eigenvalue weighted by Crippen LogP contribution is 2.34. The highest BCUT2D eigenvalue weighted by Gasteiger charge is 2.32. The van der Waals surface area contributed by atoms with Crippen LogP contribution in [-0.4, -0.2) is 28.3 Å². The van der Waals surface area contributed by atoms with Crippen LogP contribution >= 0.6 is 11.8 Å². The van der Waals surface area contributed by atoms with Crippen LogP contribution in [0, 0.1) is 0 Å². The standard InChI is InChI=1S/C23H24N3S.HI/c1-3-25-14-15-27-22(25)13-12-19-18-9-5-4-8-17(18)16-26-21-11-7-6-10-20(21)24(2)23(19)26;/h4-13H,3,14-16H2,1-2H3;1H/q+1;/p-1. The fourth-order valence-electron chi connectivity index (χ4n) is 4.33. The first-order valence-corrected chi connectivity index (χ1v) is 10.6. The second kappa shape index (κ2) is 7.95. The molecule has 5 rings (SSSR count). The maximum absolute atomic E-state index is 2.46. The molecule has 0 aliphatic carbocycles. The summed E-state index contributed by atoms with van der Waals surface area (Å²) < 4.78 is 4.80. The molecule has 1 fully saturated rings. The summed E-state index contributed by atoms with van der Waals surface area (Å²) >= 11 is 1.96. The first-order valence-electron chi connectivity index (χ1n) is 9.63. The Labute approximate surface area is 187 Å². The van der Waals surface area contributed by atoms with E-state index in [1.54, 1.807) is 0 Å². The Balaban J connectivity index is 0.00000192. The van der Waals surface area contributed by atoms with Gasteiger partial charge in [-0.05, 0) is 36.8 Å². The van der Waals surface area contributed by atoms with E-state index in [1.807, 2.05) is 11.8 Å². The van der Waals surface area contributed by atoms with Crippen molar-refractivity contribution in [1.82, 2.24) is 9.47 Å². The molecular weight excluding hydrogens is 477 g/mol. The maximum atomic E-state index is 2.46. The number of hydrogen-bond donors (Lipinski definition) is 0. The van der Waals surface area contributed by atoms with Gasteiger partial charge < -0.3 is 28.9 Å². The number of fused-ring (bicyclic) bond motifs is 4. The molecule has 0 spiro atoms. The fourth-order valence-corrected chi connectivity index (χ4v) is 5.42. The third kappa shape index (κ3) is 3.08. The van der Waals surface area contributed by atoms with E-state index in [0.717, 1.165) is 19.6 Å². The van der Waals surface area contributed by atoms with Crippen molar-refractivity contribution >= 4 is 28.4 Å². The third-order valence-electron chi connectivity index (χ3n) is 5.68. The van der Waals surface area contributed by atoms with Gasteiger partial charge in [0.25, 0.3) is 5.82 Å². The van der Waals surface area contributed by atoms with E-state index in [1.165, 1.54) is 44.3 Å². The minimum absolute atomic E-state index is 0. The molecule has 0 N–H and O–H groups in total. The topological polar surface area (TPSA) is 12.1 Å². The highest BCUT2D eigenvalue weighted by atomic mass is 127. The molecule has 144 valence electrons. The van der Waals surface area contributed by atoms with Gasteiger partial charge in [-0.15, -0.1) is 11.8 Å². The van der Waals surface area contributed by atoms with Crippen molar-refractivity contribution < 1.29 is 28.5 Å². The molecule has 3 nitrogen and oxygen atoms in total. The molecule has 3 aromatic rings. The lowest BCUT2D eigenvalue weighted by atomic mass is 9.95. The van der Waals surface area contributed by atoms with Crippen molar-refractivity contribution in [3.05, 3.63) is 82.7 Å². The molecule has 0 saturated carbocycles. The van der Waals surface area contributed by atoms with Gasteiger partial charge in [0, 0.05) is 24.4 Å². The van der Waals surface area contributed by atoms with Crippen LogP contribution in [0.3, 0.4) is 0 Å². The van der Waals surface area contributed by atoms with Crippen LogP contribution < -0.4 is 28.5 Å². The van der Waals surface area contributed by atoms with Crippen LogP contribution in [0.25, 0.3) is 16.6 Å². The van der Waals surface area contributed by atoms with Crippen molar-refractivity contribution in [3.63, 3.8) is 0 Å². The van der Waals surface area contributed by atoms with Gasteiger partial charge in [-0.3, -0.25) is 0 Å². The van der Waals surface area contributed by atoms with Crippen molar-refractivity contribution in [3.8, 4) is 0 Å². The molecule has 0 radical (unpaired) electrons. The second-order valence-corrected chi connectivity index (χ2v) is 8.24. The van der Waals surface area contributed by atoms with E-state index in [0.29, 0.717) is 0 Å². The van der Waals surface area contributed by atoms with Gasteiger partial charge in [-0.2, -0.15) is 0 Å². The average molecular weight is 501 g/mol. The summed E-state index contributed by atoms with van der Waals surface area (Å²) in [7, 11) is 2.19. The number of para-hydroxylation sites is 2. The lowest BCUT2D eigenvalue weighted by Gasteiger charge is -2.18. The van der Waals surface area contributed by atoms with Crippen LogP contribution in [-0.2, 0) is 13.6 Å². The molecular formula is C23H24IN3S. The molecule has 2 aliphatic heterocycles. The molecule has 1 saturated heterocycles. The van der Waals surface area contributed by atoms with Crippen molar-refractivity contribution in [1.29, 1.82) is 0 Å². The lowest BCUT2D eigenvalue weighted by molar-refractivity contribution is -0.648. The molecule has 0 unspecified atom stereocenters. The van der Waals surface area contributed by atoms with Crippen LogP contribution in [0.15, 0.2) is 65.7 Å². The Hall–Kier alpha value is -1.73. The summed E-state index contributed by atoms with van der Waals surface area (Å²) in [6, 6.07) is 17.5. The summed E-state index contributed by atoms with van der Waals surface area (Å²) in [6.07, 6.45) is 4.65. The number of nitrogens with zero attached hydrogens (tertiary/aromatic N) is 3. The van der Waals surface area contributed by atoms with Gasteiger partial charge in [0.05, 0.1) is 17.6 Å². The summed E-state index contributed by atoms with van der Waals surface area (Å²) in [4.78, 5) is 2.46. The summed E-state index contributed by atoms with van der Waals surface area (Å²) in [6.45, 7) is 5.39. The monoisotopic (exact) mass is 501 g/mol. The predicted octanol–water partition coefficient (Wildman–Crippen LogP) is 1.17. The molecule has 2 aliphatic rings. The molecule has 0 bridgehead atoms. The maximum Gasteiger partial charge on any atom is 0.290 e. The molecule has 0 atom stereocenters. The molecule has 5 heteroatoms. The summed E-state index contributed by atoms with van der Waals surface area (Å²) in [5.41, 5.74) is 6.64. The number of rotatable bonds is 2. The van der Waals surface area contributed by atoms with Crippen molar-refractivity contribution in [2.45, 2.75) is 13.5 Å². The zero-order valence-electron chi connectivity index (χ0n) is 16.2. The minimum atomic E-state index is 0. The Morgan fingerprint density at radius 3 is 2.71 bits per heavy atom. The zero-order chi connectivity index (χ0) is 18.4. The number of aromatic nitrogens is 2. The Morgan fingerprint density at radius 2 is 1.86 bits per heavy atom. The number of allylic oxidation sites excluding steroid dienone is 2. The van der Waals surface area contributed by atoms with E-state index >= 15 is 0 Å². The number of thioether (sulfide) groups is 1. The normalized spacial score (nSPS) is 18.4. The van der Waals surface area contributed by atoms with Crippen molar-refractivity contribution in [2.24, 2.45) is 7.05 Å². The number of benzene rings is 2. The van der Waals surface area contributed by atoms with Crippen LogP contribution in [0.5, 0.6) is 0 Å². The SMILES string of the molecule is CCN1CCSC1=CC=C1c2ccccc2Cn2c1[n+](C)c1ccccc12.[I-]. The van der Waals surface area contributed by atoms with Crippen LogP contribution in [0.2, 0.25) is 0 Å². The summed E-state index contributed by atoms with van der Waals surface area (Å²) in [5.74, 6) is 2.48. The van der Waals surface area contributed by atoms with Crippen LogP contribution in [0.1, 0.15) is 23.9 Å². The van der Waals surface area contributed by atoms with Gasteiger partial charge >= 0.3 is 0 Å². The third-order valence-corrected chi connectivity index (χ3v) is 6.76. The smallest absolute Gasteiger partial charge is 0.290 e. The number of hydrogen-bond acceptors (Lipinski definition) is 2. The van der Waals surface area contributed by atoms with E-state index in [4.69, 9.17) is 0 Å². The molecule has 0 amide bonds. The fraction of sp³-hybridized carbons (Fsp3) is 0.261. The quantitative estimate of drug-likeness (QED) is 0.302. The minimum Gasteiger partial charge on any atom is -1.00 e. The highest BCUT2D eigenvalue weighted by molar-refractivity contribution is 8.03. The summed E-state index contributed by atoms with van der Waals surface area (Å²) in [5, 5.41) is 1.39. The van der Waals surface area contributed by atoms with Gasteiger partial charge in [-0.1, -0.05) is 36.4 Å². The van der Waals surface area contributed by atoms with Gasteiger partial charge in [0.2, 0.25) is 0 Å². The van der Waals surface area contributed by atoms with Gasteiger partial charge in [-0.25, -0.2) is 9.13 Å². The largest absolute Gasteiger partial charge is 1.00 e. The first kappa shape index (κ1) is 19.6.